The number of aliphatic hydroxyl groups is 1. The zero-order chi connectivity index (χ0) is 15.7. The van der Waals surface area contributed by atoms with E-state index in [2.05, 4.69) is 15.1 Å². The molecule has 1 unspecified atom stereocenters. The number of nitrogens with zero attached hydrogens (tertiary/aromatic N) is 5. The minimum Gasteiger partial charge on any atom is -0.394 e. The molecule has 3 N–H and O–H groups in total. The fraction of sp³-hybridized carbons (Fsp3) is 0.583. The SMILES string of the molecule is NS(=O)(=O)C1CCCN(c2ncnc3c2cnn3CCO)C1. The monoisotopic (exact) mass is 326 g/mol. The molecule has 1 fully saturated rings. The summed E-state index contributed by atoms with van der Waals surface area (Å²) in [6.07, 6.45) is 4.36. The molecule has 1 atom stereocenters. The van der Waals surface area contributed by atoms with Crippen molar-refractivity contribution in [2.75, 3.05) is 24.6 Å². The maximum Gasteiger partial charge on any atom is 0.213 e. The van der Waals surface area contributed by atoms with Gasteiger partial charge in [-0.15, -0.1) is 0 Å². The molecule has 0 aromatic carbocycles. The van der Waals surface area contributed by atoms with E-state index in [1.807, 2.05) is 4.90 Å². The molecule has 2 aromatic rings. The molecule has 0 saturated carbocycles. The van der Waals surface area contributed by atoms with Crippen molar-refractivity contribution in [3.63, 3.8) is 0 Å². The van der Waals surface area contributed by atoms with Gasteiger partial charge in [0.2, 0.25) is 10.0 Å². The van der Waals surface area contributed by atoms with Crippen LogP contribution < -0.4 is 10.0 Å². The fourth-order valence-electron chi connectivity index (χ4n) is 2.79. The van der Waals surface area contributed by atoms with Gasteiger partial charge in [0.25, 0.3) is 0 Å². The summed E-state index contributed by atoms with van der Waals surface area (Å²) in [5.41, 5.74) is 0.622. The number of nitrogens with two attached hydrogens (primary N) is 1. The second-order valence-corrected chi connectivity index (χ2v) is 7.17. The van der Waals surface area contributed by atoms with Crippen LogP contribution in [0.15, 0.2) is 12.5 Å². The summed E-state index contributed by atoms with van der Waals surface area (Å²) in [7, 11) is -3.56. The van der Waals surface area contributed by atoms with Crippen LogP contribution >= 0.6 is 0 Å². The predicted molar refractivity (Wildman–Crippen MR) is 80.8 cm³/mol. The van der Waals surface area contributed by atoms with Gasteiger partial charge in [-0.3, -0.25) is 0 Å². The number of piperidine rings is 1. The molecule has 120 valence electrons. The van der Waals surface area contributed by atoms with E-state index in [4.69, 9.17) is 10.2 Å². The fourth-order valence-corrected chi connectivity index (χ4v) is 3.67. The molecule has 0 aliphatic carbocycles. The molecule has 0 radical (unpaired) electrons. The zero-order valence-electron chi connectivity index (χ0n) is 12.0. The van der Waals surface area contributed by atoms with Gasteiger partial charge in [-0.1, -0.05) is 0 Å². The molecule has 10 heteroatoms. The zero-order valence-corrected chi connectivity index (χ0v) is 12.8. The number of hydrogen-bond acceptors (Lipinski definition) is 7. The number of anilines is 1. The van der Waals surface area contributed by atoms with Crippen molar-refractivity contribution in [2.45, 2.75) is 24.6 Å². The Bertz CT molecular complexity index is 774. The Labute approximate surface area is 127 Å². The Hall–Kier alpha value is -1.78. The molecule has 9 nitrogen and oxygen atoms in total. The Kier molecular flexibility index (Phi) is 3.98. The van der Waals surface area contributed by atoms with Gasteiger partial charge in [-0.05, 0) is 12.8 Å². The Morgan fingerprint density at radius 3 is 2.95 bits per heavy atom. The summed E-state index contributed by atoms with van der Waals surface area (Å²) < 4.78 is 24.8. The van der Waals surface area contributed by atoms with E-state index >= 15 is 0 Å². The van der Waals surface area contributed by atoms with Gasteiger partial charge in [-0.25, -0.2) is 28.2 Å². The molecule has 3 rings (SSSR count). The third-order valence-electron chi connectivity index (χ3n) is 3.87. The topological polar surface area (TPSA) is 127 Å². The van der Waals surface area contributed by atoms with Gasteiger partial charge in [0.1, 0.15) is 12.1 Å². The lowest BCUT2D eigenvalue weighted by Crippen LogP contribution is -2.45. The van der Waals surface area contributed by atoms with Crippen molar-refractivity contribution in [3.05, 3.63) is 12.5 Å². The number of fused-ring (bicyclic) bond motifs is 1. The van der Waals surface area contributed by atoms with E-state index in [0.29, 0.717) is 37.5 Å². The van der Waals surface area contributed by atoms with Crippen LogP contribution in [0.5, 0.6) is 0 Å². The summed E-state index contributed by atoms with van der Waals surface area (Å²) in [6.45, 7) is 1.34. The normalized spacial score (nSPS) is 19.7. The van der Waals surface area contributed by atoms with Crippen LogP contribution in [0.1, 0.15) is 12.8 Å². The summed E-state index contributed by atoms with van der Waals surface area (Å²) in [4.78, 5) is 10.4. The first-order valence-electron chi connectivity index (χ1n) is 7.04. The van der Waals surface area contributed by atoms with Crippen LogP contribution in [-0.4, -0.2) is 58.2 Å². The summed E-state index contributed by atoms with van der Waals surface area (Å²) in [6, 6.07) is 0. The molecule has 3 heterocycles. The average Bonchev–Trinajstić information content (AvgIpc) is 2.90. The summed E-state index contributed by atoms with van der Waals surface area (Å²) >= 11 is 0. The predicted octanol–water partition coefficient (Wildman–Crippen LogP) is -0.924. The van der Waals surface area contributed by atoms with Gasteiger partial charge in [-0.2, -0.15) is 5.10 Å². The molecule has 0 bridgehead atoms. The number of aliphatic hydroxyl groups excluding tert-OH is 1. The maximum absolute atomic E-state index is 11.6. The van der Waals surface area contributed by atoms with Crippen LogP contribution in [0.4, 0.5) is 5.82 Å². The van der Waals surface area contributed by atoms with Crippen molar-refractivity contribution in [1.82, 2.24) is 19.7 Å². The maximum atomic E-state index is 11.6. The van der Waals surface area contributed by atoms with Crippen LogP contribution in [0.25, 0.3) is 11.0 Å². The minimum atomic E-state index is -3.56. The quantitative estimate of drug-likeness (QED) is 0.743. The lowest BCUT2D eigenvalue weighted by molar-refractivity contribution is 0.271. The van der Waals surface area contributed by atoms with Gasteiger partial charge in [0.15, 0.2) is 5.65 Å². The lowest BCUT2D eigenvalue weighted by Gasteiger charge is -2.32. The Balaban J connectivity index is 1.96. The summed E-state index contributed by atoms with van der Waals surface area (Å²) in [5.74, 6) is 0.655. The number of rotatable bonds is 4. The second kappa shape index (κ2) is 5.78. The molecular formula is C12H18N6O3S. The van der Waals surface area contributed by atoms with Crippen molar-refractivity contribution >= 4 is 26.9 Å². The van der Waals surface area contributed by atoms with Crippen LogP contribution in [0.3, 0.4) is 0 Å². The summed E-state index contributed by atoms with van der Waals surface area (Å²) in [5, 5.41) is 18.7. The molecule has 0 amide bonds. The molecule has 1 saturated heterocycles. The van der Waals surface area contributed by atoms with Gasteiger partial charge in [0.05, 0.1) is 30.0 Å². The Morgan fingerprint density at radius 1 is 1.41 bits per heavy atom. The molecule has 0 spiro atoms. The third-order valence-corrected chi connectivity index (χ3v) is 5.18. The second-order valence-electron chi connectivity index (χ2n) is 5.33. The molecule has 1 aliphatic rings. The smallest absolute Gasteiger partial charge is 0.213 e. The van der Waals surface area contributed by atoms with Crippen molar-refractivity contribution < 1.29 is 13.5 Å². The van der Waals surface area contributed by atoms with Crippen LogP contribution in [-0.2, 0) is 16.6 Å². The lowest BCUT2D eigenvalue weighted by atomic mass is 10.1. The highest BCUT2D eigenvalue weighted by atomic mass is 32.2. The highest BCUT2D eigenvalue weighted by Gasteiger charge is 2.29. The molecular weight excluding hydrogens is 308 g/mol. The molecule has 1 aliphatic heterocycles. The third kappa shape index (κ3) is 2.76. The first-order valence-corrected chi connectivity index (χ1v) is 8.65. The van der Waals surface area contributed by atoms with E-state index < -0.39 is 15.3 Å². The molecule has 22 heavy (non-hydrogen) atoms. The van der Waals surface area contributed by atoms with Gasteiger partial charge < -0.3 is 10.0 Å². The van der Waals surface area contributed by atoms with E-state index in [1.54, 1.807) is 10.9 Å². The van der Waals surface area contributed by atoms with E-state index in [0.717, 1.165) is 11.8 Å². The van der Waals surface area contributed by atoms with Gasteiger partial charge >= 0.3 is 0 Å². The first-order chi connectivity index (χ1) is 10.5. The van der Waals surface area contributed by atoms with Gasteiger partial charge in [0, 0.05) is 13.1 Å². The van der Waals surface area contributed by atoms with Crippen LogP contribution in [0, 0.1) is 0 Å². The number of primary sulfonamides is 1. The Morgan fingerprint density at radius 2 is 2.23 bits per heavy atom. The van der Waals surface area contributed by atoms with Crippen molar-refractivity contribution in [2.24, 2.45) is 5.14 Å². The highest BCUT2D eigenvalue weighted by Crippen LogP contribution is 2.26. The average molecular weight is 326 g/mol. The largest absolute Gasteiger partial charge is 0.394 e. The number of aromatic nitrogens is 4. The highest BCUT2D eigenvalue weighted by molar-refractivity contribution is 7.89. The van der Waals surface area contributed by atoms with E-state index in [-0.39, 0.29) is 6.61 Å². The number of hydrogen-bond donors (Lipinski definition) is 2. The first kappa shape index (κ1) is 15.1. The standard InChI is InChI=1S/C12H18N6O3S/c13-22(20,21)9-2-1-3-17(7-9)11-10-6-16-18(4-5-19)12(10)15-8-14-11/h6,8-9,19H,1-5,7H2,(H2,13,20,21). The minimum absolute atomic E-state index is 0.0344. The van der Waals surface area contributed by atoms with Crippen molar-refractivity contribution in [3.8, 4) is 0 Å². The van der Waals surface area contributed by atoms with E-state index in [1.165, 1.54) is 6.33 Å². The van der Waals surface area contributed by atoms with E-state index in [9.17, 15) is 8.42 Å². The van der Waals surface area contributed by atoms with Crippen LogP contribution in [0.2, 0.25) is 0 Å². The number of sulfonamides is 1. The van der Waals surface area contributed by atoms with Crippen molar-refractivity contribution in [1.29, 1.82) is 0 Å². The molecule has 2 aromatic heterocycles.